The van der Waals surface area contributed by atoms with Crippen LogP contribution in [0.2, 0.25) is 0 Å². The van der Waals surface area contributed by atoms with Crippen LogP contribution < -0.4 is 0 Å². The minimum atomic E-state index is -0.667. The zero-order chi connectivity index (χ0) is 15.0. The molecule has 0 saturated carbocycles. The highest BCUT2D eigenvalue weighted by Crippen LogP contribution is 2.31. The first-order chi connectivity index (χ1) is 10.1. The van der Waals surface area contributed by atoms with Crippen molar-refractivity contribution in [2.45, 2.75) is 20.0 Å². The van der Waals surface area contributed by atoms with Gasteiger partial charge >= 0.3 is 0 Å². The molecule has 21 heavy (non-hydrogen) atoms. The maximum atomic E-state index is 13.5. The van der Waals surface area contributed by atoms with E-state index in [0.717, 1.165) is 16.5 Å². The Kier molecular flexibility index (Phi) is 3.43. The second-order valence-electron chi connectivity index (χ2n) is 5.25. The second-order valence-corrected chi connectivity index (χ2v) is 5.25. The molecule has 106 valence electrons. The van der Waals surface area contributed by atoms with E-state index in [9.17, 15) is 9.50 Å². The molecule has 1 atom stereocenters. The first-order valence-corrected chi connectivity index (χ1v) is 6.90. The zero-order valence-electron chi connectivity index (χ0n) is 12.0. The third kappa shape index (κ3) is 2.52. The summed E-state index contributed by atoms with van der Waals surface area (Å²) in [7, 11) is 0. The van der Waals surface area contributed by atoms with Crippen LogP contribution >= 0.6 is 0 Å². The van der Waals surface area contributed by atoms with Crippen LogP contribution in [0, 0.1) is 12.7 Å². The van der Waals surface area contributed by atoms with E-state index in [-0.39, 0.29) is 5.82 Å². The molecule has 0 amide bonds. The molecule has 2 nitrogen and oxygen atoms in total. The van der Waals surface area contributed by atoms with Crippen molar-refractivity contribution in [1.82, 2.24) is 4.98 Å². The zero-order valence-corrected chi connectivity index (χ0v) is 12.0. The number of nitrogens with zero attached hydrogens (tertiary/aromatic N) is 1. The maximum absolute atomic E-state index is 13.5. The average molecular weight is 281 g/mol. The fourth-order valence-corrected chi connectivity index (χ4v) is 2.54. The van der Waals surface area contributed by atoms with Crippen LogP contribution in [0.1, 0.15) is 24.2 Å². The molecule has 1 heterocycles. The molecule has 0 spiro atoms. The van der Waals surface area contributed by atoms with Gasteiger partial charge in [-0.2, -0.15) is 0 Å². The number of aryl methyl sites for hydroxylation is 1. The Bertz CT molecular complexity index is 811. The number of pyridine rings is 1. The Labute approximate surface area is 122 Å². The summed E-state index contributed by atoms with van der Waals surface area (Å²) >= 11 is 0. The van der Waals surface area contributed by atoms with Gasteiger partial charge in [-0.3, -0.25) is 0 Å². The van der Waals surface area contributed by atoms with E-state index >= 15 is 0 Å². The monoisotopic (exact) mass is 281 g/mol. The summed E-state index contributed by atoms with van der Waals surface area (Å²) in [6, 6.07) is 14.1. The van der Waals surface area contributed by atoms with Crippen LogP contribution in [0.4, 0.5) is 4.39 Å². The predicted octanol–water partition coefficient (Wildman–Crippen LogP) is 4.40. The van der Waals surface area contributed by atoms with Crippen LogP contribution in [-0.4, -0.2) is 10.1 Å². The summed E-state index contributed by atoms with van der Waals surface area (Å²) in [5, 5.41) is 11.1. The summed E-state index contributed by atoms with van der Waals surface area (Å²) in [6.45, 7) is 3.71. The molecule has 0 bridgehead atoms. The highest BCUT2D eigenvalue weighted by Gasteiger charge is 2.14. The molecule has 0 fully saturated rings. The van der Waals surface area contributed by atoms with Crippen LogP contribution in [0.25, 0.3) is 22.2 Å². The minimum absolute atomic E-state index is 0.310. The summed E-state index contributed by atoms with van der Waals surface area (Å²) in [6.07, 6.45) is -0.667. The molecule has 0 aliphatic rings. The molecular formula is C18H16FNO. The third-order valence-corrected chi connectivity index (χ3v) is 3.65. The van der Waals surface area contributed by atoms with Gasteiger partial charge in [0, 0.05) is 16.5 Å². The van der Waals surface area contributed by atoms with E-state index in [0.29, 0.717) is 16.8 Å². The number of rotatable bonds is 2. The van der Waals surface area contributed by atoms with Gasteiger partial charge in [0.1, 0.15) is 5.82 Å². The van der Waals surface area contributed by atoms with E-state index in [1.54, 1.807) is 19.1 Å². The number of aromatic nitrogens is 1. The number of benzene rings is 2. The van der Waals surface area contributed by atoms with Crippen molar-refractivity contribution in [1.29, 1.82) is 0 Å². The van der Waals surface area contributed by atoms with Crippen molar-refractivity contribution >= 4 is 10.9 Å². The van der Waals surface area contributed by atoms with Gasteiger partial charge in [-0.15, -0.1) is 0 Å². The summed E-state index contributed by atoms with van der Waals surface area (Å²) in [5.41, 5.74) is 3.96. The lowest BCUT2D eigenvalue weighted by molar-refractivity contribution is 0.199. The molecule has 3 aromatic rings. The Morgan fingerprint density at radius 3 is 2.57 bits per heavy atom. The Hall–Kier alpha value is -2.26. The van der Waals surface area contributed by atoms with Crippen LogP contribution in [0.3, 0.4) is 0 Å². The van der Waals surface area contributed by atoms with Crippen molar-refractivity contribution in [3.05, 3.63) is 65.5 Å². The smallest absolute Gasteiger partial charge is 0.123 e. The van der Waals surface area contributed by atoms with Crippen molar-refractivity contribution in [2.75, 3.05) is 0 Å². The lowest BCUT2D eigenvalue weighted by Gasteiger charge is -2.14. The number of fused-ring (bicyclic) bond motifs is 1. The number of aliphatic hydroxyl groups is 1. The van der Waals surface area contributed by atoms with Gasteiger partial charge < -0.3 is 5.11 Å². The normalized spacial score (nSPS) is 12.6. The molecule has 0 radical (unpaired) electrons. The highest BCUT2D eigenvalue weighted by molar-refractivity contribution is 5.86. The summed E-state index contributed by atoms with van der Waals surface area (Å²) in [5.74, 6) is -0.310. The molecule has 3 heteroatoms. The Balaban J connectivity index is 2.33. The number of hydrogen-bond donors (Lipinski definition) is 1. The van der Waals surface area contributed by atoms with Gasteiger partial charge in [0.25, 0.3) is 0 Å². The average Bonchev–Trinajstić information content (AvgIpc) is 2.46. The van der Waals surface area contributed by atoms with Crippen LogP contribution in [0.15, 0.2) is 48.5 Å². The fourth-order valence-electron chi connectivity index (χ4n) is 2.54. The molecule has 1 aromatic heterocycles. The Morgan fingerprint density at radius 1 is 1.10 bits per heavy atom. The van der Waals surface area contributed by atoms with Crippen molar-refractivity contribution in [3.63, 3.8) is 0 Å². The predicted molar refractivity (Wildman–Crippen MR) is 82.5 cm³/mol. The van der Waals surface area contributed by atoms with Gasteiger partial charge in [0.05, 0.1) is 17.3 Å². The van der Waals surface area contributed by atoms with Crippen molar-refractivity contribution < 1.29 is 9.50 Å². The van der Waals surface area contributed by atoms with Crippen LogP contribution in [0.5, 0.6) is 0 Å². The van der Waals surface area contributed by atoms with Gasteiger partial charge in [0.15, 0.2) is 0 Å². The lowest BCUT2D eigenvalue weighted by atomic mass is 9.98. The lowest BCUT2D eigenvalue weighted by Crippen LogP contribution is -1.99. The molecule has 0 aliphatic heterocycles. The first-order valence-electron chi connectivity index (χ1n) is 6.90. The molecule has 3 rings (SSSR count). The quantitative estimate of drug-likeness (QED) is 0.755. The number of halogens is 1. The standard InChI is InChI=1S/C18H16FNO/c1-11-5-3-8-17-15(11)10-16(12(2)21)18(20-17)13-6-4-7-14(19)9-13/h3-10,12,21H,1-2H3. The van der Waals surface area contributed by atoms with Gasteiger partial charge in [0.2, 0.25) is 0 Å². The molecule has 0 aliphatic carbocycles. The maximum Gasteiger partial charge on any atom is 0.123 e. The molecule has 0 saturated heterocycles. The number of hydrogen-bond acceptors (Lipinski definition) is 2. The highest BCUT2D eigenvalue weighted by atomic mass is 19.1. The Morgan fingerprint density at radius 2 is 1.86 bits per heavy atom. The first kappa shape index (κ1) is 13.7. The molecule has 1 unspecified atom stereocenters. The number of aliphatic hydroxyl groups excluding tert-OH is 1. The minimum Gasteiger partial charge on any atom is -0.389 e. The van der Waals surface area contributed by atoms with E-state index in [2.05, 4.69) is 4.98 Å². The summed E-state index contributed by atoms with van der Waals surface area (Å²) < 4.78 is 13.5. The molecule has 2 aromatic carbocycles. The summed E-state index contributed by atoms with van der Waals surface area (Å²) in [4.78, 5) is 4.64. The topological polar surface area (TPSA) is 33.1 Å². The van der Waals surface area contributed by atoms with E-state index in [4.69, 9.17) is 0 Å². The van der Waals surface area contributed by atoms with E-state index < -0.39 is 6.10 Å². The van der Waals surface area contributed by atoms with Gasteiger partial charge in [-0.1, -0.05) is 24.3 Å². The van der Waals surface area contributed by atoms with E-state index in [1.165, 1.54) is 12.1 Å². The fraction of sp³-hybridized carbons (Fsp3) is 0.167. The molecule has 1 N–H and O–H groups in total. The third-order valence-electron chi connectivity index (χ3n) is 3.65. The van der Waals surface area contributed by atoms with Gasteiger partial charge in [-0.05, 0) is 43.7 Å². The van der Waals surface area contributed by atoms with Crippen LogP contribution in [-0.2, 0) is 0 Å². The van der Waals surface area contributed by atoms with Gasteiger partial charge in [-0.25, -0.2) is 9.37 Å². The second kappa shape index (κ2) is 5.26. The van der Waals surface area contributed by atoms with E-state index in [1.807, 2.05) is 31.2 Å². The largest absolute Gasteiger partial charge is 0.389 e. The SMILES string of the molecule is Cc1cccc2nc(-c3cccc(F)c3)c(C(C)O)cc12. The van der Waals surface area contributed by atoms with Crippen molar-refractivity contribution in [3.8, 4) is 11.3 Å². The molecular weight excluding hydrogens is 265 g/mol. The van der Waals surface area contributed by atoms with Crippen molar-refractivity contribution in [2.24, 2.45) is 0 Å².